The maximum atomic E-state index is 12.2. The third kappa shape index (κ3) is 2.82. The molecule has 0 aliphatic carbocycles. The van der Waals surface area contributed by atoms with Crippen LogP contribution in [0.1, 0.15) is 32.2 Å². The van der Waals surface area contributed by atoms with E-state index in [1.807, 2.05) is 22.6 Å². The Morgan fingerprint density at radius 2 is 2.05 bits per heavy atom. The summed E-state index contributed by atoms with van der Waals surface area (Å²) in [7, 11) is 0. The van der Waals surface area contributed by atoms with Crippen LogP contribution >= 0.6 is 22.6 Å². The summed E-state index contributed by atoms with van der Waals surface area (Å²) in [6.07, 6.45) is 0. The van der Waals surface area contributed by atoms with Crippen molar-refractivity contribution >= 4 is 40.2 Å². The molecule has 0 spiro atoms. The summed E-state index contributed by atoms with van der Waals surface area (Å²) in [6.45, 7) is 3.28. The molecular weight excluding hydrogens is 375 g/mol. The van der Waals surface area contributed by atoms with Gasteiger partial charge in [0.1, 0.15) is 11.3 Å². The molecule has 0 saturated carbocycles. The Morgan fingerprint density at radius 3 is 2.60 bits per heavy atom. The lowest BCUT2D eigenvalue weighted by Crippen LogP contribution is -2.16. The molecule has 0 aliphatic heterocycles. The van der Waals surface area contributed by atoms with Gasteiger partial charge in [0.05, 0.1) is 16.9 Å². The van der Waals surface area contributed by atoms with Crippen molar-refractivity contribution in [1.29, 1.82) is 0 Å². The van der Waals surface area contributed by atoms with E-state index in [1.54, 1.807) is 26.0 Å². The quantitative estimate of drug-likeness (QED) is 0.792. The molecule has 0 saturated heterocycles. The van der Waals surface area contributed by atoms with Crippen LogP contribution in [-0.2, 0) is 0 Å². The van der Waals surface area contributed by atoms with E-state index in [1.165, 1.54) is 6.07 Å². The molecule has 0 unspecified atom stereocenters. The summed E-state index contributed by atoms with van der Waals surface area (Å²) in [5.41, 5.74) is 1.06. The van der Waals surface area contributed by atoms with Crippen molar-refractivity contribution in [3.05, 3.63) is 44.4 Å². The van der Waals surface area contributed by atoms with Gasteiger partial charge >= 0.3 is 5.97 Å². The number of rotatable bonds is 3. The Labute approximate surface area is 128 Å². The number of aryl methyl sites for hydroxylation is 2. The van der Waals surface area contributed by atoms with Crippen molar-refractivity contribution < 1.29 is 19.2 Å². The van der Waals surface area contributed by atoms with Crippen molar-refractivity contribution in [2.75, 3.05) is 5.32 Å². The molecule has 0 fully saturated rings. The lowest BCUT2D eigenvalue weighted by Gasteiger charge is -2.08. The zero-order valence-corrected chi connectivity index (χ0v) is 12.9. The van der Waals surface area contributed by atoms with Gasteiger partial charge in [-0.15, -0.1) is 0 Å². The first-order valence-electron chi connectivity index (χ1n) is 5.67. The van der Waals surface area contributed by atoms with Crippen LogP contribution in [0.25, 0.3) is 0 Å². The standard InChI is InChI=1S/C13H11IN2O4/c1-6-11(7(2)20-16-6)12(17)15-10-4-3-8(14)5-9(10)13(18)19/h3-5H,1-2H3,(H,15,17)(H,18,19). The molecule has 7 heteroatoms. The molecule has 1 amide bonds. The van der Waals surface area contributed by atoms with E-state index in [4.69, 9.17) is 9.63 Å². The molecule has 0 bridgehead atoms. The van der Waals surface area contributed by atoms with Gasteiger partial charge in [0.15, 0.2) is 0 Å². The highest BCUT2D eigenvalue weighted by Crippen LogP contribution is 2.21. The lowest BCUT2D eigenvalue weighted by atomic mass is 10.1. The molecule has 0 atom stereocenters. The number of carbonyl (C=O) groups is 2. The zero-order chi connectivity index (χ0) is 14.9. The van der Waals surface area contributed by atoms with Gasteiger partial charge in [0, 0.05) is 3.57 Å². The van der Waals surface area contributed by atoms with Crippen molar-refractivity contribution in [2.45, 2.75) is 13.8 Å². The van der Waals surface area contributed by atoms with Crippen molar-refractivity contribution in [2.24, 2.45) is 0 Å². The van der Waals surface area contributed by atoms with Crippen LogP contribution in [0.15, 0.2) is 22.7 Å². The second-order valence-electron chi connectivity index (χ2n) is 4.15. The van der Waals surface area contributed by atoms with Gasteiger partial charge in [-0.05, 0) is 54.6 Å². The largest absolute Gasteiger partial charge is 0.478 e. The van der Waals surface area contributed by atoms with E-state index in [0.717, 1.165) is 3.57 Å². The number of hydrogen-bond acceptors (Lipinski definition) is 4. The zero-order valence-electron chi connectivity index (χ0n) is 10.7. The number of aromatic carboxylic acids is 1. The molecule has 2 rings (SSSR count). The number of anilines is 1. The van der Waals surface area contributed by atoms with Crippen LogP contribution in [0.5, 0.6) is 0 Å². The van der Waals surface area contributed by atoms with E-state index in [9.17, 15) is 9.59 Å². The molecule has 104 valence electrons. The number of halogens is 1. The smallest absolute Gasteiger partial charge is 0.337 e. The second kappa shape index (κ2) is 5.61. The Hall–Kier alpha value is -1.90. The highest BCUT2D eigenvalue weighted by atomic mass is 127. The Morgan fingerprint density at radius 1 is 1.35 bits per heavy atom. The summed E-state index contributed by atoms with van der Waals surface area (Å²) in [6, 6.07) is 4.77. The first-order chi connectivity index (χ1) is 9.40. The van der Waals surface area contributed by atoms with E-state index >= 15 is 0 Å². The van der Waals surface area contributed by atoms with Gasteiger partial charge in [0.25, 0.3) is 5.91 Å². The minimum Gasteiger partial charge on any atom is -0.478 e. The average Bonchev–Trinajstić information content (AvgIpc) is 2.71. The van der Waals surface area contributed by atoms with E-state index in [0.29, 0.717) is 17.0 Å². The Kier molecular flexibility index (Phi) is 4.07. The fourth-order valence-corrected chi connectivity index (χ4v) is 2.29. The molecule has 2 N–H and O–H groups in total. The SMILES string of the molecule is Cc1noc(C)c1C(=O)Nc1ccc(I)cc1C(=O)O. The Balaban J connectivity index is 2.36. The van der Waals surface area contributed by atoms with Crippen LogP contribution < -0.4 is 5.32 Å². The van der Waals surface area contributed by atoms with Crippen LogP contribution in [0.4, 0.5) is 5.69 Å². The summed E-state index contributed by atoms with van der Waals surface area (Å²) in [5, 5.41) is 15.4. The molecule has 2 aromatic rings. The average molecular weight is 386 g/mol. The molecule has 1 aromatic carbocycles. The van der Waals surface area contributed by atoms with Gasteiger partial charge in [0.2, 0.25) is 0 Å². The van der Waals surface area contributed by atoms with E-state index < -0.39 is 11.9 Å². The highest BCUT2D eigenvalue weighted by Gasteiger charge is 2.20. The number of benzene rings is 1. The number of carboxylic acid groups (broad SMARTS) is 1. The molecule has 6 nitrogen and oxygen atoms in total. The maximum absolute atomic E-state index is 12.2. The first kappa shape index (κ1) is 14.5. The summed E-state index contributed by atoms with van der Waals surface area (Å²) < 4.78 is 5.70. The van der Waals surface area contributed by atoms with Crippen LogP contribution in [0.2, 0.25) is 0 Å². The van der Waals surface area contributed by atoms with E-state index in [-0.39, 0.29) is 11.3 Å². The summed E-state index contributed by atoms with van der Waals surface area (Å²) >= 11 is 2.01. The number of nitrogens with zero attached hydrogens (tertiary/aromatic N) is 1. The fourth-order valence-electron chi connectivity index (χ4n) is 1.79. The molecule has 20 heavy (non-hydrogen) atoms. The summed E-state index contributed by atoms with van der Waals surface area (Å²) in [5.74, 6) is -1.15. The normalized spacial score (nSPS) is 10.3. The number of aromatic nitrogens is 1. The third-order valence-electron chi connectivity index (χ3n) is 2.72. The van der Waals surface area contributed by atoms with Crippen molar-refractivity contribution in [3.8, 4) is 0 Å². The lowest BCUT2D eigenvalue weighted by molar-refractivity contribution is 0.0698. The van der Waals surface area contributed by atoms with E-state index in [2.05, 4.69) is 10.5 Å². The van der Waals surface area contributed by atoms with Crippen molar-refractivity contribution in [3.63, 3.8) is 0 Å². The minimum atomic E-state index is -1.10. The number of carbonyl (C=O) groups excluding carboxylic acids is 1. The maximum Gasteiger partial charge on any atom is 0.337 e. The number of carboxylic acids is 1. The first-order valence-corrected chi connectivity index (χ1v) is 6.75. The number of amides is 1. The Bertz CT molecular complexity index is 674. The van der Waals surface area contributed by atoms with Crippen LogP contribution in [0, 0.1) is 17.4 Å². The molecule has 1 heterocycles. The van der Waals surface area contributed by atoms with Gasteiger partial charge in [-0.2, -0.15) is 0 Å². The van der Waals surface area contributed by atoms with Gasteiger partial charge in [-0.1, -0.05) is 5.16 Å². The highest BCUT2D eigenvalue weighted by molar-refractivity contribution is 14.1. The molecule has 0 radical (unpaired) electrons. The van der Waals surface area contributed by atoms with Gasteiger partial charge in [-0.25, -0.2) is 4.79 Å². The topological polar surface area (TPSA) is 92.4 Å². The van der Waals surface area contributed by atoms with Gasteiger partial charge in [-0.3, -0.25) is 4.79 Å². The molecule has 1 aromatic heterocycles. The van der Waals surface area contributed by atoms with Crippen molar-refractivity contribution in [1.82, 2.24) is 5.16 Å². The van der Waals surface area contributed by atoms with Crippen LogP contribution in [-0.4, -0.2) is 22.1 Å². The molecular formula is C13H11IN2O4. The summed E-state index contributed by atoms with van der Waals surface area (Å²) in [4.78, 5) is 23.4. The number of hydrogen-bond donors (Lipinski definition) is 2. The molecule has 0 aliphatic rings. The minimum absolute atomic E-state index is 0.0389. The predicted octanol–water partition coefficient (Wildman–Crippen LogP) is 2.85. The number of nitrogens with one attached hydrogen (secondary N) is 1. The predicted molar refractivity (Wildman–Crippen MR) is 80.0 cm³/mol. The monoisotopic (exact) mass is 386 g/mol. The van der Waals surface area contributed by atoms with Gasteiger partial charge < -0.3 is 14.9 Å². The fraction of sp³-hybridized carbons (Fsp3) is 0.154. The van der Waals surface area contributed by atoms with Crippen LogP contribution in [0.3, 0.4) is 0 Å². The second-order valence-corrected chi connectivity index (χ2v) is 5.39. The third-order valence-corrected chi connectivity index (χ3v) is 3.39.